The van der Waals surface area contributed by atoms with Crippen LogP contribution in [0.4, 0.5) is 0 Å². The number of hydrogen-bond acceptors (Lipinski definition) is 4. The smallest absolute Gasteiger partial charge is 0.0946 e. The SMILES string of the molecule is Cc1nc(CC(N)C2CCCc3sccc32)sc1C. The molecule has 2 N–H and O–H groups in total. The number of fused-ring (bicyclic) bond motifs is 1. The van der Waals surface area contributed by atoms with Crippen LogP contribution in [0.25, 0.3) is 0 Å². The Kier molecular flexibility index (Phi) is 3.74. The maximum absolute atomic E-state index is 6.49. The standard InChI is InChI=1S/C15H20N2S2/c1-9-10(2)19-15(17-9)8-13(16)11-4-3-5-14-12(11)6-7-18-14/h6-7,11,13H,3-5,8,16H2,1-2H3. The van der Waals surface area contributed by atoms with Crippen LogP contribution in [0.5, 0.6) is 0 Å². The predicted molar refractivity (Wildman–Crippen MR) is 83.3 cm³/mol. The largest absolute Gasteiger partial charge is 0.327 e. The van der Waals surface area contributed by atoms with Crippen molar-refractivity contribution in [1.82, 2.24) is 4.98 Å². The lowest BCUT2D eigenvalue weighted by Gasteiger charge is -2.27. The molecule has 3 rings (SSSR count). The average molecular weight is 292 g/mol. The molecule has 0 amide bonds. The highest BCUT2D eigenvalue weighted by molar-refractivity contribution is 7.11. The molecule has 0 spiro atoms. The first-order valence-electron chi connectivity index (χ1n) is 6.90. The summed E-state index contributed by atoms with van der Waals surface area (Å²) >= 11 is 3.69. The second-order valence-corrected chi connectivity index (χ2v) is 7.70. The highest BCUT2D eigenvalue weighted by Crippen LogP contribution is 2.37. The lowest BCUT2D eigenvalue weighted by atomic mass is 9.82. The number of aryl methyl sites for hydroxylation is 3. The lowest BCUT2D eigenvalue weighted by Crippen LogP contribution is -2.32. The normalized spacial score (nSPS) is 20.3. The first-order chi connectivity index (χ1) is 9.15. The Morgan fingerprint density at radius 1 is 1.47 bits per heavy atom. The van der Waals surface area contributed by atoms with Crippen molar-refractivity contribution in [3.63, 3.8) is 0 Å². The molecule has 19 heavy (non-hydrogen) atoms. The fraction of sp³-hybridized carbons (Fsp3) is 0.533. The van der Waals surface area contributed by atoms with Gasteiger partial charge in [0.15, 0.2) is 0 Å². The van der Waals surface area contributed by atoms with E-state index in [1.54, 1.807) is 16.2 Å². The summed E-state index contributed by atoms with van der Waals surface area (Å²) in [5.74, 6) is 0.527. The topological polar surface area (TPSA) is 38.9 Å². The van der Waals surface area contributed by atoms with Crippen LogP contribution < -0.4 is 5.73 Å². The molecule has 102 valence electrons. The Hall–Kier alpha value is -0.710. The third-order valence-electron chi connectivity index (χ3n) is 4.10. The van der Waals surface area contributed by atoms with Gasteiger partial charge in [0.2, 0.25) is 0 Å². The molecule has 2 aromatic heterocycles. The summed E-state index contributed by atoms with van der Waals surface area (Å²) in [5, 5.41) is 3.41. The van der Waals surface area contributed by atoms with Gasteiger partial charge in [-0.2, -0.15) is 0 Å². The number of aromatic nitrogens is 1. The zero-order chi connectivity index (χ0) is 13.4. The summed E-state index contributed by atoms with van der Waals surface area (Å²) < 4.78 is 0. The van der Waals surface area contributed by atoms with E-state index in [1.807, 2.05) is 11.3 Å². The molecule has 0 saturated carbocycles. The molecule has 2 atom stereocenters. The Morgan fingerprint density at radius 2 is 2.32 bits per heavy atom. The molecule has 2 aromatic rings. The van der Waals surface area contributed by atoms with Gasteiger partial charge in [0.05, 0.1) is 10.7 Å². The molecule has 4 heteroatoms. The van der Waals surface area contributed by atoms with Crippen molar-refractivity contribution in [3.05, 3.63) is 37.5 Å². The minimum absolute atomic E-state index is 0.207. The third kappa shape index (κ3) is 2.62. The van der Waals surface area contributed by atoms with Gasteiger partial charge in [0, 0.05) is 28.1 Å². The molecule has 0 saturated heterocycles. The van der Waals surface area contributed by atoms with Gasteiger partial charge in [-0.25, -0.2) is 4.98 Å². The fourth-order valence-corrected chi connectivity index (χ4v) is 4.94. The predicted octanol–water partition coefficient (Wildman–Crippen LogP) is 3.81. The summed E-state index contributed by atoms with van der Waals surface area (Å²) in [7, 11) is 0. The summed E-state index contributed by atoms with van der Waals surface area (Å²) in [6.07, 6.45) is 4.67. The van der Waals surface area contributed by atoms with E-state index in [1.165, 1.54) is 34.7 Å². The van der Waals surface area contributed by atoms with E-state index in [-0.39, 0.29) is 6.04 Å². The van der Waals surface area contributed by atoms with Crippen molar-refractivity contribution in [2.24, 2.45) is 5.73 Å². The fourth-order valence-electron chi connectivity index (χ4n) is 2.94. The van der Waals surface area contributed by atoms with Crippen molar-refractivity contribution < 1.29 is 0 Å². The van der Waals surface area contributed by atoms with Crippen LogP contribution in [-0.4, -0.2) is 11.0 Å². The number of thiazole rings is 1. The maximum atomic E-state index is 6.49. The van der Waals surface area contributed by atoms with Gasteiger partial charge >= 0.3 is 0 Å². The Balaban J connectivity index is 1.77. The van der Waals surface area contributed by atoms with Crippen LogP contribution >= 0.6 is 22.7 Å². The van der Waals surface area contributed by atoms with E-state index in [0.717, 1.165) is 12.1 Å². The van der Waals surface area contributed by atoms with E-state index in [0.29, 0.717) is 5.92 Å². The van der Waals surface area contributed by atoms with Gasteiger partial charge in [-0.15, -0.1) is 22.7 Å². The van der Waals surface area contributed by atoms with Crippen LogP contribution in [0.15, 0.2) is 11.4 Å². The van der Waals surface area contributed by atoms with Gasteiger partial charge < -0.3 is 5.73 Å². The van der Waals surface area contributed by atoms with E-state index in [4.69, 9.17) is 5.73 Å². The van der Waals surface area contributed by atoms with Gasteiger partial charge in [-0.1, -0.05) is 0 Å². The number of nitrogens with two attached hydrogens (primary N) is 1. The molecule has 0 fully saturated rings. The maximum Gasteiger partial charge on any atom is 0.0946 e. The molecule has 2 nitrogen and oxygen atoms in total. The Bertz CT molecular complexity index is 551. The quantitative estimate of drug-likeness (QED) is 0.934. The second-order valence-electron chi connectivity index (χ2n) is 5.42. The van der Waals surface area contributed by atoms with Gasteiger partial charge in [0.1, 0.15) is 0 Å². The average Bonchev–Trinajstić information content (AvgIpc) is 2.96. The minimum Gasteiger partial charge on any atom is -0.327 e. The van der Waals surface area contributed by atoms with Crippen LogP contribution in [0.1, 0.15) is 44.8 Å². The zero-order valence-electron chi connectivity index (χ0n) is 11.5. The van der Waals surface area contributed by atoms with E-state index in [9.17, 15) is 0 Å². The molecule has 0 radical (unpaired) electrons. The monoisotopic (exact) mass is 292 g/mol. The van der Waals surface area contributed by atoms with Gasteiger partial charge in [-0.3, -0.25) is 0 Å². The third-order valence-corrected chi connectivity index (χ3v) is 6.19. The molecule has 1 aliphatic rings. The molecule has 2 heterocycles. The molecule has 2 unspecified atom stereocenters. The van der Waals surface area contributed by atoms with Crippen molar-refractivity contribution >= 4 is 22.7 Å². The minimum atomic E-state index is 0.207. The number of rotatable bonds is 3. The number of nitrogens with zero attached hydrogens (tertiary/aromatic N) is 1. The summed E-state index contributed by atoms with van der Waals surface area (Å²) in [6.45, 7) is 4.22. The Labute approximate surface area is 122 Å². The van der Waals surface area contributed by atoms with E-state index < -0.39 is 0 Å². The molecule has 0 aliphatic heterocycles. The van der Waals surface area contributed by atoms with E-state index >= 15 is 0 Å². The van der Waals surface area contributed by atoms with Crippen molar-refractivity contribution in [2.45, 2.75) is 51.5 Å². The number of hydrogen-bond donors (Lipinski definition) is 1. The first kappa shape index (κ1) is 13.3. The molecule has 0 aromatic carbocycles. The molecular weight excluding hydrogens is 272 g/mol. The molecular formula is C15H20N2S2. The van der Waals surface area contributed by atoms with Crippen molar-refractivity contribution in [2.75, 3.05) is 0 Å². The highest BCUT2D eigenvalue weighted by Gasteiger charge is 2.27. The molecule has 1 aliphatic carbocycles. The van der Waals surface area contributed by atoms with Crippen LogP contribution in [0.3, 0.4) is 0 Å². The van der Waals surface area contributed by atoms with Crippen molar-refractivity contribution in [3.8, 4) is 0 Å². The van der Waals surface area contributed by atoms with Crippen molar-refractivity contribution in [1.29, 1.82) is 0 Å². The Morgan fingerprint density at radius 3 is 3.05 bits per heavy atom. The number of thiophene rings is 1. The van der Waals surface area contributed by atoms with E-state index in [2.05, 4.69) is 30.3 Å². The lowest BCUT2D eigenvalue weighted by molar-refractivity contribution is 0.463. The summed E-state index contributed by atoms with van der Waals surface area (Å²) in [6, 6.07) is 2.49. The zero-order valence-corrected chi connectivity index (χ0v) is 13.1. The van der Waals surface area contributed by atoms with Crippen LogP contribution in [0, 0.1) is 13.8 Å². The van der Waals surface area contributed by atoms with Gasteiger partial charge in [-0.05, 0) is 50.1 Å². The van der Waals surface area contributed by atoms with Crippen LogP contribution in [0.2, 0.25) is 0 Å². The highest BCUT2D eigenvalue weighted by atomic mass is 32.1. The first-order valence-corrected chi connectivity index (χ1v) is 8.59. The second kappa shape index (κ2) is 5.35. The van der Waals surface area contributed by atoms with Gasteiger partial charge in [0.25, 0.3) is 0 Å². The summed E-state index contributed by atoms with van der Waals surface area (Å²) in [5.41, 5.74) is 9.15. The summed E-state index contributed by atoms with van der Waals surface area (Å²) in [4.78, 5) is 7.51. The van der Waals surface area contributed by atoms with Crippen LogP contribution in [-0.2, 0) is 12.8 Å². The molecule has 0 bridgehead atoms.